The lowest BCUT2D eigenvalue weighted by molar-refractivity contribution is 0.00446. The maximum absolute atomic E-state index is 10.3. The molecule has 1 saturated carbocycles. The second-order valence-corrected chi connectivity index (χ2v) is 8.25. The number of hydrogen-bond donors (Lipinski definition) is 5. The number of anilines is 2. The van der Waals surface area contributed by atoms with Gasteiger partial charge in [-0.2, -0.15) is 4.98 Å². The average Bonchev–Trinajstić information content (AvgIpc) is 3.22. The van der Waals surface area contributed by atoms with Gasteiger partial charge in [0.15, 0.2) is 0 Å². The number of nitrogens with zero attached hydrogens (tertiary/aromatic N) is 3. The van der Waals surface area contributed by atoms with Crippen molar-refractivity contribution in [1.29, 1.82) is 0 Å². The molecule has 0 radical (unpaired) electrons. The summed E-state index contributed by atoms with van der Waals surface area (Å²) < 4.78 is 6.16. The Morgan fingerprint density at radius 2 is 2.07 bits per heavy atom. The number of methoxy groups -OCH3 is 1. The molecule has 0 aliphatic heterocycles. The molecule has 1 aromatic carbocycles. The fourth-order valence-electron chi connectivity index (χ4n) is 3.51. The SMILES string of the molecule is COc1ccc2nc(-c3c(Cl)nc(N)nc3N[C@@H]3C[C@H](CO)[C@@H](O)[C@H]3O)sc2c1. The Morgan fingerprint density at radius 3 is 2.76 bits per heavy atom. The lowest BCUT2D eigenvalue weighted by Crippen LogP contribution is -2.35. The van der Waals surface area contributed by atoms with Gasteiger partial charge in [0.2, 0.25) is 5.95 Å². The predicted octanol–water partition coefficient (Wildman–Crippen LogP) is 1.51. The van der Waals surface area contributed by atoms with Crippen LogP contribution in [0.4, 0.5) is 11.8 Å². The highest BCUT2D eigenvalue weighted by Crippen LogP contribution is 2.40. The second kappa shape index (κ2) is 7.88. The number of aromatic nitrogens is 3. The highest BCUT2D eigenvalue weighted by atomic mass is 35.5. The number of nitrogen functional groups attached to an aromatic ring is 1. The van der Waals surface area contributed by atoms with Crippen molar-refractivity contribution in [3.05, 3.63) is 23.4 Å². The molecule has 6 N–H and O–H groups in total. The van der Waals surface area contributed by atoms with E-state index in [2.05, 4.69) is 20.3 Å². The Bertz CT molecular complexity index is 1050. The lowest BCUT2D eigenvalue weighted by Gasteiger charge is -2.20. The third-order valence-electron chi connectivity index (χ3n) is 5.05. The Kier molecular flexibility index (Phi) is 5.45. The zero-order valence-corrected chi connectivity index (χ0v) is 17.0. The van der Waals surface area contributed by atoms with E-state index in [9.17, 15) is 15.3 Å². The van der Waals surface area contributed by atoms with Crippen LogP contribution >= 0.6 is 22.9 Å². The van der Waals surface area contributed by atoms with E-state index in [-0.39, 0.29) is 17.7 Å². The monoisotopic (exact) mass is 437 g/mol. The van der Waals surface area contributed by atoms with Crippen LogP contribution < -0.4 is 15.8 Å². The molecule has 0 bridgehead atoms. The maximum Gasteiger partial charge on any atom is 0.223 e. The number of nitrogens with one attached hydrogen (secondary N) is 1. The van der Waals surface area contributed by atoms with E-state index in [0.717, 1.165) is 10.2 Å². The van der Waals surface area contributed by atoms with Crippen molar-refractivity contribution in [3.63, 3.8) is 0 Å². The molecular formula is C18H20ClN5O4S. The van der Waals surface area contributed by atoms with Crippen LogP contribution in [0.25, 0.3) is 20.8 Å². The van der Waals surface area contributed by atoms with Gasteiger partial charge >= 0.3 is 0 Å². The van der Waals surface area contributed by atoms with Crippen molar-refractivity contribution in [2.45, 2.75) is 24.7 Å². The zero-order chi connectivity index (χ0) is 20.7. The van der Waals surface area contributed by atoms with Crippen LogP contribution in [-0.2, 0) is 0 Å². The normalized spacial score (nSPS) is 24.2. The highest BCUT2D eigenvalue weighted by molar-refractivity contribution is 7.21. The maximum atomic E-state index is 10.3. The summed E-state index contributed by atoms with van der Waals surface area (Å²) in [5.74, 6) is 0.554. The molecule has 29 heavy (non-hydrogen) atoms. The molecule has 0 amide bonds. The Labute approximate surface area is 175 Å². The average molecular weight is 438 g/mol. The van der Waals surface area contributed by atoms with Crippen LogP contribution in [0, 0.1) is 5.92 Å². The number of halogens is 1. The second-order valence-electron chi connectivity index (χ2n) is 6.86. The summed E-state index contributed by atoms with van der Waals surface area (Å²) in [6.07, 6.45) is -1.75. The molecule has 2 heterocycles. The van der Waals surface area contributed by atoms with Gasteiger partial charge in [0.05, 0.1) is 35.0 Å². The van der Waals surface area contributed by atoms with Crippen molar-refractivity contribution in [2.75, 3.05) is 24.8 Å². The van der Waals surface area contributed by atoms with Gasteiger partial charge in [-0.3, -0.25) is 0 Å². The Balaban J connectivity index is 1.75. The van der Waals surface area contributed by atoms with E-state index in [1.54, 1.807) is 7.11 Å². The van der Waals surface area contributed by atoms with Gasteiger partial charge in [-0.1, -0.05) is 11.6 Å². The summed E-state index contributed by atoms with van der Waals surface area (Å²) in [5.41, 5.74) is 7.00. The summed E-state index contributed by atoms with van der Waals surface area (Å²) in [6, 6.07) is 4.99. The van der Waals surface area contributed by atoms with Gasteiger partial charge in [-0.25, -0.2) is 9.97 Å². The van der Waals surface area contributed by atoms with Gasteiger partial charge in [0.1, 0.15) is 27.8 Å². The van der Waals surface area contributed by atoms with Crippen LogP contribution in [0.1, 0.15) is 6.42 Å². The first-order valence-electron chi connectivity index (χ1n) is 8.92. The summed E-state index contributed by atoms with van der Waals surface area (Å²) >= 11 is 7.77. The summed E-state index contributed by atoms with van der Waals surface area (Å²) in [7, 11) is 1.59. The quantitative estimate of drug-likeness (QED) is 0.374. The Hall–Kier alpha value is -2.24. The number of rotatable bonds is 5. The number of aliphatic hydroxyl groups excluding tert-OH is 3. The number of thiazole rings is 1. The first-order valence-corrected chi connectivity index (χ1v) is 10.1. The highest BCUT2D eigenvalue weighted by Gasteiger charge is 2.41. The van der Waals surface area contributed by atoms with Crippen LogP contribution in [0.15, 0.2) is 18.2 Å². The summed E-state index contributed by atoms with van der Waals surface area (Å²) in [4.78, 5) is 12.9. The Morgan fingerprint density at radius 1 is 1.28 bits per heavy atom. The molecule has 11 heteroatoms. The molecule has 0 saturated heterocycles. The van der Waals surface area contributed by atoms with Gasteiger partial charge in [0.25, 0.3) is 0 Å². The first-order chi connectivity index (χ1) is 13.9. The van der Waals surface area contributed by atoms with E-state index in [1.807, 2.05) is 18.2 Å². The lowest BCUT2D eigenvalue weighted by atomic mass is 10.1. The van der Waals surface area contributed by atoms with E-state index >= 15 is 0 Å². The van der Waals surface area contributed by atoms with E-state index in [1.165, 1.54) is 11.3 Å². The van der Waals surface area contributed by atoms with E-state index in [4.69, 9.17) is 22.1 Å². The fraction of sp³-hybridized carbons (Fsp3) is 0.389. The minimum atomic E-state index is -1.07. The standard InChI is InChI=1S/C18H20ClN5O4S/c1-28-8-2-3-9-11(5-8)29-17(22-9)12-15(19)23-18(20)24-16(12)21-10-4-7(6-25)13(26)14(10)27/h2-3,5,7,10,13-14,25-27H,4,6H2,1H3,(H3,20,21,23,24)/t7-,10-,13-,14+/m1/s1. The molecular weight excluding hydrogens is 418 g/mol. The van der Waals surface area contributed by atoms with Crippen molar-refractivity contribution in [1.82, 2.24) is 15.0 Å². The number of fused-ring (bicyclic) bond motifs is 1. The third kappa shape index (κ3) is 3.69. The zero-order valence-electron chi connectivity index (χ0n) is 15.4. The van der Waals surface area contributed by atoms with Crippen LogP contribution in [-0.4, -0.2) is 62.2 Å². The number of ether oxygens (including phenoxy) is 1. The van der Waals surface area contributed by atoms with Gasteiger partial charge in [0, 0.05) is 12.5 Å². The number of hydrogen-bond acceptors (Lipinski definition) is 10. The minimum absolute atomic E-state index is 0.0317. The molecule has 4 rings (SSSR count). The molecule has 0 spiro atoms. The van der Waals surface area contributed by atoms with Crippen molar-refractivity contribution in [3.8, 4) is 16.3 Å². The third-order valence-corrected chi connectivity index (χ3v) is 6.36. The molecule has 4 atom stereocenters. The van der Waals surface area contributed by atoms with Gasteiger partial charge in [-0.15, -0.1) is 11.3 Å². The van der Waals surface area contributed by atoms with Gasteiger partial charge in [-0.05, 0) is 24.6 Å². The summed E-state index contributed by atoms with van der Waals surface area (Å²) in [6.45, 7) is -0.227. The molecule has 1 aliphatic rings. The van der Waals surface area contributed by atoms with Crippen molar-refractivity contribution < 1.29 is 20.1 Å². The molecule has 3 aromatic rings. The smallest absolute Gasteiger partial charge is 0.223 e. The minimum Gasteiger partial charge on any atom is -0.497 e. The molecule has 154 valence electrons. The summed E-state index contributed by atoms with van der Waals surface area (Å²) in [5, 5.41) is 33.6. The number of benzene rings is 1. The van der Waals surface area contributed by atoms with Gasteiger partial charge < -0.3 is 31.1 Å². The first kappa shape index (κ1) is 20.0. The number of nitrogens with two attached hydrogens (primary N) is 1. The predicted molar refractivity (Wildman–Crippen MR) is 111 cm³/mol. The molecule has 0 unspecified atom stereocenters. The van der Waals surface area contributed by atoms with Crippen LogP contribution in [0.5, 0.6) is 5.75 Å². The molecule has 1 aliphatic carbocycles. The van der Waals surface area contributed by atoms with Crippen LogP contribution in [0.2, 0.25) is 5.15 Å². The fourth-order valence-corrected chi connectivity index (χ4v) is 4.87. The number of aliphatic hydroxyl groups is 3. The largest absolute Gasteiger partial charge is 0.497 e. The molecule has 9 nitrogen and oxygen atoms in total. The van der Waals surface area contributed by atoms with E-state index in [0.29, 0.717) is 28.6 Å². The van der Waals surface area contributed by atoms with Crippen molar-refractivity contribution in [2.24, 2.45) is 5.92 Å². The van der Waals surface area contributed by atoms with Crippen molar-refractivity contribution >= 4 is 44.9 Å². The van der Waals surface area contributed by atoms with E-state index < -0.39 is 24.2 Å². The topological polar surface area (TPSA) is 147 Å². The molecule has 1 fully saturated rings. The molecule has 2 aromatic heterocycles. The van der Waals surface area contributed by atoms with Crippen LogP contribution in [0.3, 0.4) is 0 Å².